The van der Waals surface area contributed by atoms with Gasteiger partial charge in [0.05, 0.1) is 4.92 Å². The largest absolute Gasteiger partial charge is 0.353 e. The maximum atomic E-state index is 13.8. The van der Waals surface area contributed by atoms with Gasteiger partial charge in [0.1, 0.15) is 17.5 Å². The van der Waals surface area contributed by atoms with Gasteiger partial charge in [-0.05, 0) is 43.2 Å². The standard InChI is InChI=1S/C25H27FN6O3/c1-3-23-22(16-18-5-4-6-19(26)15-18)24(28-17(2)27-23)30-11-13-31(14-12-30)25(33)29-20-7-9-21(10-8-20)32(34)35/h4-10,15H,3,11-14,16H2,1-2H3,(H,29,33). The minimum Gasteiger partial charge on any atom is -0.353 e. The zero-order chi connectivity index (χ0) is 24.9. The normalized spacial score (nSPS) is 13.6. The fourth-order valence-corrected chi connectivity index (χ4v) is 4.21. The van der Waals surface area contributed by atoms with E-state index in [9.17, 15) is 19.3 Å². The highest BCUT2D eigenvalue weighted by Gasteiger charge is 2.25. The highest BCUT2D eigenvalue weighted by Crippen LogP contribution is 2.26. The fourth-order valence-electron chi connectivity index (χ4n) is 4.21. The Balaban J connectivity index is 1.47. The van der Waals surface area contributed by atoms with Gasteiger partial charge in [-0.2, -0.15) is 0 Å². The average molecular weight is 479 g/mol. The summed E-state index contributed by atoms with van der Waals surface area (Å²) in [6, 6.07) is 12.0. The van der Waals surface area contributed by atoms with Gasteiger partial charge in [0.15, 0.2) is 0 Å². The van der Waals surface area contributed by atoms with Crippen LogP contribution in [0, 0.1) is 22.9 Å². The second-order valence-electron chi connectivity index (χ2n) is 8.39. The zero-order valence-electron chi connectivity index (χ0n) is 19.7. The number of benzene rings is 2. The number of hydrogen-bond donors (Lipinski definition) is 1. The predicted molar refractivity (Wildman–Crippen MR) is 131 cm³/mol. The van der Waals surface area contributed by atoms with E-state index >= 15 is 0 Å². The molecule has 0 aliphatic carbocycles. The number of nitro groups is 1. The highest BCUT2D eigenvalue weighted by molar-refractivity contribution is 5.89. The lowest BCUT2D eigenvalue weighted by Gasteiger charge is -2.36. The number of non-ortho nitro benzene ring substituents is 1. The number of nitro benzene ring substituents is 1. The molecule has 4 rings (SSSR count). The van der Waals surface area contributed by atoms with E-state index in [2.05, 4.69) is 15.2 Å². The minimum absolute atomic E-state index is 0.0303. The Bertz CT molecular complexity index is 1230. The van der Waals surface area contributed by atoms with E-state index in [0.29, 0.717) is 44.1 Å². The van der Waals surface area contributed by atoms with Crippen molar-refractivity contribution in [3.8, 4) is 0 Å². The lowest BCUT2D eigenvalue weighted by molar-refractivity contribution is -0.384. The number of halogens is 1. The van der Waals surface area contributed by atoms with Crippen LogP contribution in [0.1, 0.15) is 29.6 Å². The third kappa shape index (κ3) is 5.71. The van der Waals surface area contributed by atoms with Crippen LogP contribution in [0.2, 0.25) is 0 Å². The number of aryl methyl sites for hydroxylation is 2. The van der Waals surface area contributed by atoms with Crippen LogP contribution in [0.15, 0.2) is 48.5 Å². The molecule has 1 aromatic heterocycles. The summed E-state index contributed by atoms with van der Waals surface area (Å²) in [6.45, 7) is 6.06. The molecule has 3 aromatic rings. The first-order valence-electron chi connectivity index (χ1n) is 11.5. The van der Waals surface area contributed by atoms with Crippen molar-refractivity contribution < 1.29 is 14.1 Å². The lowest BCUT2D eigenvalue weighted by atomic mass is 10.0. The summed E-state index contributed by atoms with van der Waals surface area (Å²) in [4.78, 5) is 36.3. The number of urea groups is 1. The van der Waals surface area contributed by atoms with Gasteiger partial charge in [0.2, 0.25) is 0 Å². The van der Waals surface area contributed by atoms with E-state index in [1.54, 1.807) is 11.0 Å². The Morgan fingerprint density at radius 2 is 1.83 bits per heavy atom. The number of nitrogens with one attached hydrogen (secondary N) is 1. The summed E-state index contributed by atoms with van der Waals surface area (Å²) < 4.78 is 13.8. The summed E-state index contributed by atoms with van der Waals surface area (Å²) in [5.74, 6) is 1.23. The smallest absolute Gasteiger partial charge is 0.321 e. The molecule has 2 heterocycles. The van der Waals surface area contributed by atoms with Crippen LogP contribution in [0.5, 0.6) is 0 Å². The molecule has 35 heavy (non-hydrogen) atoms. The lowest BCUT2D eigenvalue weighted by Crippen LogP contribution is -2.50. The summed E-state index contributed by atoms with van der Waals surface area (Å²) in [7, 11) is 0. The number of aromatic nitrogens is 2. The minimum atomic E-state index is -0.480. The first kappa shape index (κ1) is 24.1. The SMILES string of the molecule is CCc1nc(C)nc(N2CCN(C(=O)Nc3ccc([N+](=O)[O-])cc3)CC2)c1Cc1cccc(F)c1. The highest BCUT2D eigenvalue weighted by atomic mass is 19.1. The summed E-state index contributed by atoms with van der Waals surface area (Å²) in [5.41, 5.74) is 3.24. The molecule has 0 spiro atoms. The Morgan fingerprint density at radius 1 is 1.11 bits per heavy atom. The van der Waals surface area contributed by atoms with Crippen LogP contribution >= 0.6 is 0 Å². The fraction of sp³-hybridized carbons (Fsp3) is 0.320. The molecule has 0 unspecified atom stereocenters. The Morgan fingerprint density at radius 3 is 2.46 bits per heavy atom. The van der Waals surface area contributed by atoms with Gasteiger partial charge in [0, 0.05) is 61.7 Å². The van der Waals surface area contributed by atoms with Gasteiger partial charge >= 0.3 is 6.03 Å². The van der Waals surface area contributed by atoms with E-state index in [1.165, 1.54) is 36.4 Å². The Labute approximate surface area is 202 Å². The van der Waals surface area contributed by atoms with Crippen molar-refractivity contribution in [1.82, 2.24) is 14.9 Å². The second-order valence-corrected chi connectivity index (χ2v) is 8.39. The van der Waals surface area contributed by atoms with Crippen LogP contribution in [0.4, 0.5) is 26.4 Å². The number of rotatable bonds is 6. The third-order valence-corrected chi connectivity index (χ3v) is 5.98. The van der Waals surface area contributed by atoms with Crippen LogP contribution in [-0.2, 0) is 12.8 Å². The third-order valence-electron chi connectivity index (χ3n) is 5.98. The second kappa shape index (κ2) is 10.5. The molecule has 2 aromatic carbocycles. The number of hydrogen-bond acceptors (Lipinski definition) is 6. The van der Waals surface area contributed by atoms with E-state index in [-0.39, 0.29) is 17.5 Å². The first-order valence-corrected chi connectivity index (χ1v) is 11.5. The molecule has 182 valence electrons. The van der Waals surface area contributed by atoms with Crippen molar-refractivity contribution in [1.29, 1.82) is 0 Å². The van der Waals surface area contributed by atoms with Gasteiger partial charge in [0.25, 0.3) is 5.69 Å². The molecule has 0 bridgehead atoms. The summed E-state index contributed by atoms with van der Waals surface area (Å²) in [6.07, 6.45) is 1.26. The van der Waals surface area contributed by atoms with E-state index in [4.69, 9.17) is 4.98 Å². The van der Waals surface area contributed by atoms with Gasteiger partial charge in [-0.3, -0.25) is 10.1 Å². The number of anilines is 2. The van der Waals surface area contributed by atoms with Gasteiger partial charge < -0.3 is 15.1 Å². The molecular weight excluding hydrogens is 451 g/mol. The zero-order valence-corrected chi connectivity index (χ0v) is 19.7. The molecule has 0 atom stereocenters. The topological polar surface area (TPSA) is 104 Å². The van der Waals surface area contributed by atoms with Crippen molar-refractivity contribution in [2.75, 3.05) is 36.4 Å². The Kier molecular flexibility index (Phi) is 7.19. The molecule has 0 saturated carbocycles. The quantitative estimate of drug-likeness (QED) is 0.418. The number of carbonyl (C=O) groups is 1. The van der Waals surface area contributed by atoms with Crippen LogP contribution in [-0.4, -0.2) is 52.0 Å². The van der Waals surface area contributed by atoms with E-state index in [0.717, 1.165) is 29.1 Å². The average Bonchev–Trinajstić information content (AvgIpc) is 2.85. The Hall–Kier alpha value is -4.08. The van der Waals surface area contributed by atoms with E-state index < -0.39 is 4.92 Å². The molecule has 10 heteroatoms. The maximum absolute atomic E-state index is 13.8. The van der Waals surface area contributed by atoms with Crippen LogP contribution < -0.4 is 10.2 Å². The number of nitrogens with zero attached hydrogens (tertiary/aromatic N) is 5. The van der Waals surface area contributed by atoms with Crippen molar-refractivity contribution in [2.24, 2.45) is 0 Å². The molecule has 0 radical (unpaired) electrons. The molecule has 1 N–H and O–H groups in total. The predicted octanol–water partition coefficient (Wildman–Crippen LogP) is 4.34. The molecular formula is C25H27FN6O3. The van der Waals surface area contributed by atoms with Gasteiger partial charge in [-0.25, -0.2) is 19.2 Å². The van der Waals surface area contributed by atoms with Crippen LogP contribution in [0.3, 0.4) is 0 Å². The van der Waals surface area contributed by atoms with Crippen molar-refractivity contribution in [2.45, 2.75) is 26.7 Å². The molecule has 1 aliphatic rings. The number of carbonyl (C=O) groups excluding carboxylic acids is 1. The molecule has 2 amide bonds. The molecule has 9 nitrogen and oxygen atoms in total. The van der Waals surface area contributed by atoms with Crippen molar-refractivity contribution in [3.63, 3.8) is 0 Å². The summed E-state index contributed by atoms with van der Waals surface area (Å²) in [5, 5.41) is 13.6. The first-order chi connectivity index (χ1) is 16.8. The van der Waals surface area contributed by atoms with Crippen molar-refractivity contribution >= 4 is 23.2 Å². The number of piperazine rings is 1. The molecule has 1 fully saturated rings. The maximum Gasteiger partial charge on any atom is 0.321 e. The summed E-state index contributed by atoms with van der Waals surface area (Å²) >= 11 is 0. The van der Waals surface area contributed by atoms with Crippen LogP contribution in [0.25, 0.3) is 0 Å². The monoisotopic (exact) mass is 478 g/mol. The molecule has 1 saturated heterocycles. The van der Waals surface area contributed by atoms with E-state index in [1.807, 2.05) is 19.9 Å². The van der Waals surface area contributed by atoms with Gasteiger partial charge in [-0.15, -0.1) is 0 Å². The van der Waals surface area contributed by atoms with Gasteiger partial charge in [-0.1, -0.05) is 19.1 Å². The molecule has 1 aliphatic heterocycles. The number of amides is 2. The van der Waals surface area contributed by atoms with Crippen molar-refractivity contribution in [3.05, 3.63) is 87.1 Å².